The number of fused-ring (bicyclic) bond motifs is 1. The van der Waals surface area contributed by atoms with E-state index >= 15 is 0 Å². The molecule has 2 amide bonds. The van der Waals surface area contributed by atoms with E-state index in [2.05, 4.69) is 10.2 Å². The number of rotatable bonds is 4. The predicted molar refractivity (Wildman–Crippen MR) is 93.3 cm³/mol. The second kappa shape index (κ2) is 6.49. The molecule has 0 fully saturated rings. The molecule has 27 heavy (non-hydrogen) atoms. The number of benzene rings is 2. The van der Waals surface area contributed by atoms with Crippen molar-refractivity contribution in [2.24, 2.45) is 0 Å². The first-order chi connectivity index (χ1) is 13.1. The molecule has 8 heteroatoms. The Hall–Kier alpha value is -3.81. The van der Waals surface area contributed by atoms with Crippen molar-refractivity contribution in [3.63, 3.8) is 0 Å². The summed E-state index contributed by atoms with van der Waals surface area (Å²) in [6, 6.07) is 15.6. The summed E-state index contributed by atoms with van der Waals surface area (Å²) in [7, 11) is 0. The number of aryl methyl sites for hydroxylation is 1. The van der Waals surface area contributed by atoms with Crippen LogP contribution in [0.15, 0.2) is 54.6 Å². The van der Waals surface area contributed by atoms with Gasteiger partial charge in [-0.1, -0.05) is 30.3 Å². The summed E-state index contributed by atoms with van der Waals surface area (Å²) < 4.78 is 5.14. The molecule has 0 unspecified atom stereocenters. The van der Waals surface area contributed by atoms with Crippen molar-refractivity contribution in [1.29, 1.82) is 0 Å². The molecular weight excluding hydrogens is 348 g/mol. The molecule has 0 saturated carbocycles. The third kappa shape index (κ3) is 2.86. The third-order valence-electron chi connectivity index (χ3n) is 4.17. The van der Waals surface area contributed by atoms with Crippen LogP contribution < -0.4 is 0 Å². The average molecular weight is 362 g/mol. The van der Waals surface area contributed by atoms with Gasteiger partial charge in [-0.2, -0.15) is 9.90 Å². The Kier molecular flexibility index (Phi) is 4.00. The van der Waals surface area contributed by atoms with E-state index in [1.165, 1.54) is 4.80 Å². The highest BCUT2D eigenvalue weighted by atomic mass is 16.5. The fraction of sp³-hybridized carbons (Fsp3) is 0.105. The maximum atomic E-state index is 12.4. The summed E-state index contributed by atoms with van der Waals surface area (Å²) in [5, 5.41) is 8.35. The van der Waals surface area contributed by atoms with E-state index in [-0.39, 0.29) is 5.69 Å². The summed E-state index contributed by atoms with van der Waals surface area (Å²) in [5.74, 6) is -1.74. The van der Waals surface area contributed by atoms with Gasteiger partial charge >= 0.3 is 5.97 Å². The first-order valence-corrected chi connectivity index (χ1v) is 8.18. The lowest BCUT2D eigenvalue weighted by Gasteiger charge is -2.13. The van der Waals surface area contributed by atoms with Crippen LogP contribution in [-0.4, -0.2) is 44.4 Å². The Morgan fingerprint density at radius 1 is 0.926 bits per heavy atom. The normalized spacial score (nSPS) is 13.0. The molecule has 1 aliphatic heterocycles. The largest absolute Gasteiger partial charge is 0.439 e. The fourth-order valence-corrected chi connectivity index (χ4v) is 2.79. The monoisotopic (exact) mass is 362 g/mol. The van der Waals surface area contributed by atoms with Crippen LogP contribution in [0.3, 0.4) is 0 Å². The highest BCUT2D eigenvalue weighted by molar-refractivity contribution is 6.21. The van der Waals surface area contributed by atoms with Crippen LogP contribution >= 0.6 is 0 Å². The van der Waals surface area contributed by atoms with E-state index in [1.54, 1.807) is 43.3 Å². The van der Waals surface area contributed by atoms with Gasteiger partial charge in [0.1, 0.15) is 0 Å². The number of carbonyl (C=O) groups excluding carboxylic acids is 3. The van der Waals surface area contributed by atoms with Crippen LogP contribution in [0.2, 0.25) is 0 Å². The van der Waals surface area contributed by atoms with Crippen LogP contribution in [0.25, 0.3) is 5.69 Å². The summed E-state index contributed by atoms with van der Waals surface area (Å²) in [6.07, 6.45) is 0. The van der Waals surface area contributed by atoms with Gasteiger partial charge < -0.3 is 4.74 Å². The van der Waals surface area contributed by atoms with Gasteiger partial charge in [-0.05, 0) is 31.2 Å². The van der Waals surface area contributed by atoms with Crippen LogP contribution in [0.1, 0.15) is 36.9 Å². The zero-order valence-electron chi connectivity index (χ0n) is 14.3. The van der Waals surface area contributed by atoms with Crippen LogP contribution in [0.4, 0.5) is 0 Å². The average Bonchev–Trinajstić information content (AvgIpc) is 3.20. The maximum Gasteiger partial charge on any atom is 0.362 e. The van der Waals surface area contributed by atoms with Crippen molar-refractivity contribution in [3.8, 4) is 5.69 Å². The Morgan fingerprint density at radius 2 is 1.52 bits per heavy atom. The molecular formula is C19H14N4O4. The van der Waals surface area contributed by atoms with Crippen molar-refractivity contribution in [3.05, 3.63) is 77.1 Å². The van der Waals surface area contributed by atoms with Crippen molar-refractivity contribution >= 4 is 17.8 Å². The molecule has 8 nitrogen and oxygen atoms in total. The highest BCUT2D eigenvalue weighted by Crippen LogP contribution is 2.22. The molecule has 0 N–H and O–H groups in total. The van der Waals surface area contributed by atoms with Gasteiger partial charge in [-0.3, -0.25) is 9.59 Å². The van der Waals surface area contributed by atoms with Crippen LogP contribution in [0, 0.1) is 6.92 Å². The van der Waals surface area contributed by atoms with Gasteiger partial charge in [0, 0.05) is 0 Å². The molecule has 2 heterocycles. The zero-order valence-corrected chi connectivity index (χ0v) is 14.3. The SMILES string of the molecule is Cc1nn(-c2ccccc2)nc1C(=O)OCN1C(=O)c2ccccc2C1=O. The van der Waals surface area contributed by atoms with Gasteiger partial charge in [0.15, 0.2) is 12.4 Å². The number of aromatic nitrogens is 3. The number of nitrogens with zero attached hydrogens (tertiary/aromatic N) is 4. The van der Waals surface area contributed by atoms with E-state index in [9.17, 15) is 14.4 Å². The highest BCUT2D eigenvalue weighted by Gasteiger charge is 2.36. The molecule has 3 aromatic rings. The van der Waals surface area contributed by atoms with Gasteiger partial charge in [0.25, 0.3) is 11.8 Å². The number of esters is 1. The zero-order chi connectivity index (χ0) is 19.0. The molecule has 0 aliphatic carbocycles. The number of carbonyl (C=O) groups is 3. The maximum absolute atomic E-state index is 12.4. The lowest BCUT2D eigenvalue weighted by Crippen LogP contribution is -2.33. The lowest BCUT2D eigenvalue weighted by atomic mass is 10.1. The molecule has 0 bridgehead atoms. The van der Waals surface area contributed by atoms with E-state index < -0.39 is 24.5 Å². The van der Waals surface area contributed by atoms with Crippen molar-refractivity contribution in [1.82, 2.24) is 19.9 Å². The minimum absolute atomic E-state index is 0.0236. The Labute approximate surface area is 154 Å². The molecule has 0 radical (unpaired) electrons. The Balaban J connectivity index is 1.49. The molecule has 2 aromatic carbocycles. The number of ether oxygens (including phenoxy) is 1. The molecule has 1 aliphatic rings. The molecule has 0 atom stereocenters. The Bertz CT molecular complexity index is 1020. The summed E-state index contributed by atoms with van der Waals surface area (Å²) in [5.41, 5.74) is 1.69. The first-order valence-electron chi connectivity index (χ1n) is 8.18. The standard InChI is InChI=1S/C19H14N4O4/c1-12-16(21-23(20-12)13-7-3-2-4-8-13)19(26)27-11-22-17(24)14-9-5-6-10-15(14)18(22)25/h2-10H,11H2,1H3. The van der Waals surface area contributed by atoms with Gasteiger partial charge in [0.2, 0.25) is 0 Å². The first kappa shape index (κ1) is 16.6. The molecule has 134 valence electrons. The number of amides is 2. The minimum Gasteiger partial charge on any atom is -0.439 e. The topological polar surface area (TPSA) is 94.4 Å². The van der Waals surface area contributed by atoms with Gasteiger partial charge in [-0.25, -0.2) is 9.69 Å². The molecule has 0 saturated heterocycles. The fourth-order valence-electron chi connectivity index (χ4n) is 2.79. The second-order valence-electron chi connectivity index (χ2n) is 5.90. The summed E-state index contributed by atoms with van der Waals surface area (Å²) in [4.78, 5) is 39.2. The van der Waals surface area contributed by atoms with Gasteiger partial charge in [-0.15, -0.1) is 5.10 Å². The smallest absolute Gasteiger partial charge is 0.362 e. The van der Waals surface area contributed by atoms with E-state index in [0.29, 0.717) is 22.5 Å². The molecule has 0 spiro atoms. The van der Waals surface area contributed by atoms with E-state index in [1.807, 2.05) is 18.2 Å². The second-order valence-corrected chi connectivity index (χ2v) is 5.90. The molecule has 1 aromatic heterocycles. The number of imide groups is 1. The quantitative estimate of drug-likeness (QED) is 0.520. The van der Waals surface area contributed by atoms with Crippen LogP contribution in [0.5, 0.6) is 0 Å². The molecule has 4 rings (SSSR count). The van der Waals surface area contributed by atoms with Gasteiger partial charge in [0.05, 0.1) is 22.5 Å². The van der Waals surface area contributed by atoms with Crippen LogP contribution in [-0.2, 0) is 4.74 Å². The van der Waals surface area contributed by atoms with Crippen molar-refractivity contribution < 1.29 is 19.1 Å². The number of para-hydroxylation sites is 1. The lowest BCUT2D eigenvalue weighted by molar-refractivity contribution is 0.0222. The third-order valence-corrected chi connectivity index (χ3v) is 4.17. The van der Waals surface area contributed by atoms with E-state index in [0.717, 1.165) is 4.90 Å². The van der Waals surface area contributed by atoms with Crippen molar-refractivity contribution in [2.45, 2.75) is 6.92 Å². The Morgan fingerprint density at radius 3 is 2.15 bits per heavy atom. The summed E-state index contributed by atoms with van der Waals surface area (Å²) >= 11 is 0. The number of hydrogen-bond acceptors (Lipinski definition) is 6. The minimum atomic E-state index is -0.758. The van der Waals surface area contributed by atoms with E-state index in [4.69, 9.17) is 4.74 Å². The number of hydrogen-bond donors (Lipinski definition) is 0. The predicted octanol–water partition coefficient (Wildman–Crippen LogP) is 1.99. The van der Waals surface area contributed by atoms with Crippen molar-refractivity contribution in [2.75, 3.05) is 6.73 Å². The summed E-state index contributed by atoms with van der Waals surface area (Å²) in [6.45, 7) is 1.15.